The lowest BCUT2D eigenvalue weighted by Gasteiger charge is -2.50. The van der Waals surface area contributed by atoms with Gasteiger partial charge in [0.25, 0.3) is 0 Å². The minimum Gasteiger partial charge on any atom is -0.504 e. The van der Waals surface area contributed by atoms with Crippen LogP contribution in [0.25, 0.3) is 6.08 Å². The Morgan fingerprint density at radius 3 is 2.59 bits per heavy atom. The molecule has 3 saturated heterocycles. The lowest BCUT2D eigenvalue weighted by Crippen LogP contribution is -2.67. The number of esters is 1. The number of fused-ring (bicyclic) bond motifs is 3. The molecule has 0 radical (unpaired) electrons. The number of carbonyl (C=O) groups is 2. The van der Waals surface area contributed by atoms with Crippen LogP contribution in [0.15, 0.2) is 24.3 Å². The van der Waals surface area contributed by atoms with Gasteiger partial charge in [-0.05, 0) is 68.5 Å². The summed E-state index contributed by atoms with van der Waals surface area (Å²) in [6.07, 6.45) is 7.17. The van der Waals surface area contributed by atoms with Gasteiger partial charge >= 0.3 is 5.97 Å². The van der Waals surface area contributed by atoms with Crippen molar-refractivity contribution < 1.29 is 24.5 Å². The fourth-order valence-corrected chi connectivity index (χ4v) is 4.02. The van der Waals surface area contributed by atoms with Gasteiger partial charge in [0.15, 0.2) is 22.8 Å². The van der Waals surface area contributed by atoms with E-state index in [2.05, 4.69) is 0 Å². The number of ether oxygens (including phenoxy) is 1. The molecule has 0 aromatic heterocycles. The zero-order valence-electron chi connectivity index (χ0n) is 15.7. The van der Waals surface area contributed by atoms with E-state index in [0.29, 0.717) is 24.5 Å². The van der Waals surface area contributed by atoms with Gasteiger partial charge in [0.05, 0.1) is 6.61 Å². The molecule has 0 saturated carbocycles. The summed E-state index contributed by atoms with van der Waals surface area (Å²) in [5, 5.41) is 19.0. The van der Waals surface area contributed by atoms with Crippen LogP contribution in [0, 0.1) is 5.92 Å². The fraction of sp³-hybridized carbons (Fsp3) is 0.524. The van der Waals surface area contributed by atoms with E-state index >= 15 is 0 Å². The summed E-state index contributed by atoms with van der Waals surface area (Å²) in [6, 6.07) is 4.33. The first-order valence-electron chi connectivity index (χ1n) is 9.64. The third-order valence-corrected chi connectivity index (χ3v) is 5.64. The lowest BCUT2D eigenvalue weighted by atomic mass is 9.72. The lowest BCUT2D eigenvalue weighted by molar-refractivity contribution is -0.170. The molecular formula is C21H27NO5. The Balaban J connectivity index is 1.83. The number of aromatic hydroxyl groups is 2. The number of rotatable bonds is 7. The van der Waals surface area contributed by atoms with Crippen LogP contribution in [0.3, 0.4) is 0 Å². The predicted molar refractivity (Wildman–Crippen MR) is 101 cm³/mol. The number of hydrogen-bond acceptors (Lipinski definition) is 6. The Kier molecular flexibility index (Phi) is 5.85. The summed E-state index contributed by atoms with van der Waals surface area (Å²) < 4.78 is 5.48. The molecule has 1 aromatic rings. The minimum atomic E-state index is -1.23. The molecule has 0 amide bonds. The van der Waals surface area contributed by atoms with Crippen molar-refractivity contribution in [3.05, 3.63) is 29.8 Å². The van der Waals surface area contributed by atoms with Crippen LogP contribution in [-0.4, -0.2) is 52.1 Å². The average molecular weight is 373 g/mol. The van der Waals surface area contributed by atoms with Crippen molar-refractivity contribution in [1.29, 1.82) is 0 Å². The molecule has 3 fully saturated rings. The van der Waals surface area contributed by atoms with Gasteiger partial charge in [0, 0.05) is 0 Å². The first-order valence-corrected chi connectivity index (χ1v) is 9.64. The molecule has 1 aromatic carbocycles. The molecule has 4 rings (SSSR count). The first kappa shape index (κ1) is 19.4. The van der Waals surface area contributed by atoms with Crippen molar-refractivity contribution in [2.75, 3.05) is 19.7 Å². The molecule has 0 spiro atoms. The van der Waals surface area contributed by atoms with Crippen molar-refractivity contribution in [2.45, 2.75) is 44.6 Å². The Labute approximate surface area is 159 Å². The van der Waals surface area contributed by atoms with Gasteiger partial charge in [-0.25, -0.2) is 4.79 Å². The van der Waals surface area contributed by atoms with Crippen LogP contribution < -0.4 is 0 Å². The van der Waals surface area contributed by atoms with Crippen LogP contribution in [0.4, 0.5) is 0 Å². The Bertz CT molecular complexity index is 736. The first-order chi connectivity index (χ1) is 13.0. The van der Waals surface area contributed by atoms with E-state index in [4.69, 9.17) is 4.74 Å². The number of carbonyl (C=O) groups excluding carboxylic acids is 2. The van der Waals surface area contributed by atoms with E-state index < -0.39 is 11.5 Å². The van der Waals surface area contributed by atoms with Crippen LogP contribution in [0.5, 0.6) is 11.5 Å². The molecule has 1 unspecified atom stereocenters. The van der Waals surface area contributed by atoms with Gasteiger partial charge in [-0.15, -0.1) is 0 Å². The van der Waals surface area contributed by atoms with Gasteiger partial charge in [-0.2, -0.15) is 0 Å². The van der Waals surface area contributed by atoms with E-state index in [1.165, 1.54) is 18.2 Å². The molecule has 6 nitrogen and oxygen atoms in total. The molecule has 2 bridgehead atoms. The largest absolute Gasteiger partial charge is 0.504 e. The summed E-state index contributed by atoms with van der Waals surface area (Å²) in [7, 11) is 0. The third-order valence-electron chi connectivity index (χ3n) is 5.64. The number of piperidine rings is 3. The number of ketones is 1. The molecule has 146 valence electrons. The second kappa shape index (κ2) is 8.13. The maximum atomic E-state index is 13.2. The Hall–Kier alpha value is -2.34. The standard InChI is InChI=1S/C21H27NO5/c1-2-3-12-27-20(26)21(14-16-8-10-22(21)11-9-16)19(25)7-5-15-4-6-17(23)18(24)13-15/h4-7,13,16,23-24H,2-3,8-12,14H2,1H3/b7-5+. The molecule has 0 aliphatic carbocycles. The number of phenolic OH excluding ortho intramolecular Hbond substituents is 2. The summed E-state index contributed by atoms with van der Waals surface area (Å²) in [4.78, 5) is 28.1. The van der Waals surface area contributed by atoms with Crippen LogP contribution in [0.1, 0.15) is 44.6 Å². The second-order valence-electron chi connectivity index (χ2n) is 7.43. The molecular weight excluding hydrogens is 346 g/mol. The number of benzene rings is 1. The highest BCUT2D eigenvalue weighted by molar-refractivity contribution is 6.15. The van der Waals surface area contributed by atoms with Gasteiger partial charge in [-0.3, -0.25) is 9.69 Å². The second-order valence-corrected chi connectivity index (χ2v) is 7.43. The number of unbranched alkanes of at least 4 members (excludes halogenated alkanes) is 1. The van der Waals surface area contributed by atoms with Gasteiger partial charge in [0.2, 0.25) is 0 Å². The van der Waals surface area contributed by atoms with Gasteiger partial charge < -0.3 is 14.9 Å². The van der Waals surface area contributed by atoms with E-state index in [9.17, 15) is 19.8 Å². The zero-order valence-corrected chi connectivity index (χ0v) is 15.7. The normalized spacial score (nSPS) is 27.0. The SMILES string of the molecule is CCCCOC(=O)C1(C(=O)/C=C/c2ccc(O)c(O)c2)CC2CCN1CC2. The minimum absolute atomic E-state index is 0.217. The van der Waals surface area contributed by atoms with E-state index in [0.717, 1.165) is 38.8 Å². The highest BCUT2D eigenvalue weighted by Crippen LogP contribution is 2.41. The Morgan fingerprint density at radius 2 is 2.00 bits per heavy atom. The van der Waals surface area contributed by atoms with Gasteiger partial charge in [0.1, 0.15) is 0 Å². The van der Waals surface area contributed by atoms with Crippen molar-refractivity contribution in [1.82, 2.24) is 4.90 Å². The highest BCUT2D eigenvalue weighted by Gasteiger charge is 2.56. The molecule has 3 aliphatic heterocycles. The number of phenols is 2. The highest BCUT2D eigenvalue weighted by atomic mass is 16.5. The molecule has 2 N–H and O–H groups in total. The summed E-state index contributed by atoms with van der Waals surface area (Å²) in [5.74, 6) is -0.822. The molecule has 3 heterocycles. The predicted octanol–water partition coefficient (Wildman–Crippen LogP) is 2.88. The average Bonchev–Trinajstić information content (AvgIpc) is 2.69. The monoisotopic (exact) mass is 373 g/mol. The number of hydrogen-bond donors (Lipinski definition) is 2. The van der Waals surface area contributed by atoms with Crippen LogP contribution in [-0.2, 0) is 14.3 Å². The summed E-state index contributed by atoms with van der Waals surface area (Å²) in [5.41, 5.74) is -0.659. The topological polar surface area (TPSA) is 87.1 Å². The van der Waals surface area contributed by atoms with Crippen molar-refractivity contribution in [3.8, 4) is 11.5 Å². The van der Waals surface area contributed by atoms with Crippen molar-refractivity contribution >= 4 is 17.8 Å². The number of nitrogens with zero attached hydrogens (tertiary/aromatic N) is 1. The third kappa shape index (κ3) is 3.86. The maximum Gasteiger partial charge on any atom is 0.334 e. The van der Waals surface area contributed by atoms with Gasteiger partial charge in [-0.1, -0.05) is 25.5 Å². The van der Waals surface area contributed by atoms with Crippen LogP contribution in [0.2, 0.25) is 0 Å². The summed E-state index contributed by atoms with van der Waals surface area (Å²) >= 11 is 0. The Morgan fingerprint density at radius 1 is 1.26 bits per heavy atom. The van der Waals surface area contributed by atoms with E-state index in [-0.39, 0.29) is 17.3 Å². The van der Waals surface area contributed by atoms with E-state index in [1.807, 2.05) is 11.8 Å². The smallest absolute Gasteiger partial charge is 0.334 e. The maximum absolute atomic E-state index is 13.2. The molecule has 3 aliphatic rings. The quantitative estimate of drug-likeness (QED) is 0.251. The molecule has 6 heteroatoms. The van der Waals surface area contributed by atoms with Crippen molar-refractivity contribution in [2.24, 2.45) is 5.92 Å². The van der Waals surface area contributed by atoms with Crippen LogP contribution >= 0.6 is 0 Å². The molecule has 27 heavy (non-hydrogen) atoms. The summed E-state index contributed by atoms with van der Waals surface area (Å²) in [6.45, 7) is 3.81. The van der Waals surface area contributed by atoms with Crippen molar-refractivity contribution in [3.63, 3.8) is 0 Å². The molecule has 1 atom stereocenters. The van der Waals surface area contributed by atoms with E-state index in [1.54, 1.807) is 12.1 Å². The zero-order chi connectivity index (χ0) is 19.4. The fourth-order valence-electron chi connectivity index (χ4n) is 4.02.